The molecule has 2 aromatic heterocycles. The van der Waals surface area contributed by atoms with Crippen LogP contribution in [0.1, 0.15) is 11.4 Å². The molecule has 0 saturated heterocycles. The molecule has 2 aromatic carbocycles. The van der Waals surface area contributed by atoms with Gasteiger partial charge in [-0.3, -0.25) is 9.36 Å². The van der Waals surface area contributed by atoms with Gasteiger partial charge in [0.1, 0.15) is 17.5 Å². The number of ether oxygens (including phenoxy) is 1. The highest BCUT2D eigenvalue weighted by Gasteiger charge is 2.12. The molecule has 0 atom stereocenters. The molecule has 0 aliphatic heterocycles. The van der Waals surface area contributed by atoms with Crippen molar-refractivity contribution in [1.29, 1.82) is 0 Å². The molecule has 0 amide bonds. The molecule has 0 bridgehead atoms. The van der Waals surface area contributed by atoms with Gasteiger partial charge in [-0.1, -0.05) is 30.3 Å². The fourth-order valence-electron chi connectivity index (χ4n) is 2.89. The third-order valence-corrected chi connectivity index (χ3v) is 4.25. The first-order valence-corrected chi connectivity index (χ1v) is 8.51. The molecule has 2 heterocycles. The molecule has 0 aliphatic rings. The summed E-state index contributed by atoms with van der Waals surface area (Å²) < 4.78 is 6.62. The van der Waals surface area contributed by atoms with Crippen LogP contribution in [-0.2, 0) is 0 Å². The van der Waals surface area contributed by atoms with E-state index in [0.29, 0.717) is 33.9 Å². The fourth-order valence-corrected chi connectivity index (χ4v) is 2.89. The van der Waals surface area contributed by atoms with Crippen molar-refractivity contribution in [3.8, 4) is 17.2 Å². The highest BCUT2D eigenvalue weighted by Crippen LogP contribution is 2.30. The van der Waals surface area contributed by atoms with Gasteiger partial charge < -0.3 is 9.84 Å². The minimum atomic E-state index is -0.272. The van der Waals surface area contributed by atoms with Crippen LogP contribution in [0.25, 0.3) is 28.9 Å². The van der Waals surface area contributed by atoms with Gasteiger partial charge in [0.05, 0.1) is 12.8 Å². The van der Waals surface area contributed by atoms with Gasteiger partial charge >= 0.3 is 0 Å². The molecular weight excluding hydrogens is 356 g/mol. The molecule has 7 heteroatoms. The van der Waals surface area contributed by atoms with E-state index in [1.54, 1.807) is 30.4 Å². The van der Waals surface area contributed by atoms with E-state index in [-0.39, 0.29) is 11.3 Å². The Bertz CT molecular complexity index is 1230. The van der Waals surface area contributed by atoms with Crippen molar-refractivity contribution < 1.29 is 9.84 Å². The van der Waals surface area contributed by atoms with Gasteiger partial charge in [0.2, 0.25) is 0 Å². The number of para-hydroxylation sites is 2. The number of aromatic nitrogens is 4. The maximum atomic E-state index is 13.1. The van der Waals surface area contributed by atoms with Crippen molar-refractivity contribution in [2.24, 2.45) is 0 Å². The van der Waals surface area contributed by atoms with Crippen LogP contribution in [0.3, 0.4) is 0 Å². The summed E-state index contributed by atoms with van der Waals surface area (Å²) in [6.45, 7) is 0. The number of hydrogen-bond acceptors (Lipinski definition) is 6. The summed E-state index contributed by atoms with van der Waals surface area (Å²) in [7, 11) is 1.49. The van der Waals surface area contributed by atoms with Gasteiger partial charge in [-0.25, -0.2) is 15.0 Å². The van der Waals surface area contributed by atoms with Crippen LogP contribution in [0, 0.1) is 0 Å². The topological polar surface area (TPSA) is 90.1 Å². The van der Waals surface area contributed by atoms with Gasteiger partial charge in [0, 0.05) is 11.8 Å². The largest absolute Gasteiger partial charge is 0.504 e. The third kappa shape index (κ3) is 3.09. The zero-order chi connectivity index (χ0) is 19.5. The summed E-state index contributed by atoms with van der Waals surface area (Å²) in [4.78, 5) is 25.6. The second-order valence-electron chi connectivity index (χ2n) is 5.94. The average molecular weight is 372 g/mol. The molecule has 1 N–H and O–H groups in total. The summed E-state index contributed by atoms with van der Waals surface area (Å²) >= 11 is 0. The van der Waals surface area contributed by atoms with Crippen LogP contribution in [0.4, 0.5) is 0 Å². The van der Waals surface area contributed by atoms with E-state index < -0.39 is 0 Å². The average Bonchev–Trinajstić information content (AvgIpc) is 2.74. The van der Waals surface area contributed by atoms with E-state index in [0.717, 1.165) is 0 Å². The fraction of sp³-hybridized carbons (Fsp3) is 0.0476. The van der Waals surface area contributed by atoms with E-state index in [2.05, 4.69) is 15.0 Å². The number of nitrogens with zero attached hydrogens (tertiary/aromatic N) is 4. The lowest BCUT2D eigenvalue weighted by Crippen LogP contribution is -2.22. The van der Waals surface area contributed by atoms with Crippen molar-refractivity contribution >= 4 is 23.2 Å². The summed E-state index contributed by atoms with van der Waals surface area (Å²) in [5, 5.41) is 10.6. The summed E-state index contributed by atoms with van der Waals surface area (Å²) in [6.07, 6.45) is 6.14. The van der Waals surface area contributed by atoms with E-state index in [1.165, 1.54) is 24.2 Å². The number of benzene rings is 2. The minimum Gasteiger partial charge on any atom is -0.504 e. The first-order chi connectivity index (χ1) is 13.7. The van der Waals surface area contributed by atoms with Crippen LogP contribution in [-0.4, -0.2) is 31.7 Å². The first-order valence-electron chi connectivity index (χ1n) is 8.51. The van der Waals surface area contributed by atoms with E-state index in [1.807, 2.05) is 30.3 Å². The Morgan fingerprint density at radius 3 is 2.68 bits per heavy atom. The highest BCUT2D eigenvalue weighted by atomic mass is 16.5. The third-order valence-electron chi connectivity index (χ3n) is 4.25. The summed E-state index contributed by atoms with van der Waals surface area (Å²) in [6, 6.07) is 14.4. The van der Waals surface area contributed by atoms with Crippen LogP contribution < -0.4 is 10.3 Å². The highest BCUT2D eigenvalue weighted by molar-refractivity contribution is 5.77. The number of aromatic hydroxyl groups is 1. The van der Waals surface area contributed by atoms with Crippen molar-refractivity contribution in [1.82, 2.24) is 19.5 Å². The molecule has 28 heavy (non-hydrogen) atoms. The number of phenolic OH excluding ortho intramolecular Hbond substituents is 1. The molecule has 0 fully saturated rings. The number of phenols is 1. The molecule has 0 unspecified atom stereocenters. The van der Waals surface area contributed by atoms with E-state index in [9.17, 15) is 9.90 Å². The van der Waals surface area contributed by atoms with Gasteiger partial charge in [0.25, 0.3) is 5.56 Å². The summed E-state index contributed by atoms with van der Waals surface area (Å²) in [5.41, 5.74) is 1.24. The Morgan fingerprint density at radius 1 is 1.07 bits per heavy atom. The standard InChI is InChI=1S/C21H16N4O3/c1-28-17-9-5-6-14(19(17)26)10-11-18-24-20-16(12-22-13-23-20)21(27)25(18)15-7-3-2-4-8-15/h2-13,26H,1H3/b11-10+. The van der Waals surface area contributed by atoms with Gasteiger partial charge in [-0.15, -0.1) is 0 Å². The smallest absolute Gasteiger partial charge is 0.269 e. The SMILES string of the molecule is COc1cccc(/C=C/c2nc3ncncc3c(=O)n2-c2ccccc2)c1O. The second-order valence-corrected chi connectivity index (χ2v) is 5.94. The van der Waals surface area contributed by atoms with Crippen molar-refractivity contribution in [2.75, 3.05) is 7.11 Å². The molecule has 4 rings (SSSR count). The number of fused-ring (bicyclic) bond motifs is 1. The molecule has 0 aliphatic carbocycles. The van der Waals surface area contributed by atoms with E-state index >= 15 is 0 Å². The Morgan fingerprint density at radius 2 is 1.89 bits per heavy atom. The van der Waals surface area contributed by atoms with Crippen molar-refractivity contribution in [3.05, 3.63) is 82.8 Å². The van der Waals surface area contributed by atoms with Crippen LogP contribution in [0.5, 0.6) is 11.5 Å². The molecular formula is C21H16N4O3. The quantitative estimate of drug-likeness (QED) is 0.592. The molecule has 138 valence electrons. The Balaban J connectivity index is 1.92. The molecule has 0 spiro atoms. The maximum absolute atomic E-state index is 13.1. The predicted molar refractivity (Wildman–Crippen MR) is 107 cm³/mol. The molecule has 7 nitrogen and oxygen atoms in total. The van der Waals surface area contributed by atoms with Crippen LogP contribution in [0.15, 0.2) is 65.8 Å². The first kappa shape index (κ1) is 17.4. The lowest BCUT2D eigenvalue weighted by atomic mass is 10.1. The zero-order valence-electron chi connectivity index (χ0n) is 15.0. The van der Waals surface area contributed by atoms with Crippen molar-refractivity contribution in [2.45, 2.75) is 0 Å². The molecule has 0 radical (unpaired) electrons. The Labute approximate surface area is 160 Å². The van der Waals surface area contributed by atoms with Gasteiger partial charge in [-0.2, -0.15) is 0 Å². The lowest BCUT2D eigenvalue weighted by molar-refractivity contribution is 0.373. The Hall–Kier alpha value is -4.00. The second kappa shape index (κ2) is 7.32. The number of hydrogen-bond donors (Lipinski definition) is 1. The molecule has 0 saturated carbocycles. The van der Waals surface area contributed by atoms with Gasteiger partial charge in [-0.05, 0) is 30.4 Å². The molecule has 4 aromatic rings. The van der Waals surface area contributed by atoms with Crippen LogP contribution >= 0.6 is 0 Å². The Kier molecular flexibility index (Phi) is 4.55. The monoisotopic (exact) mass is 372 g/mol. The zero-order valence-corrected chi connectivity index (χ0v) is 15.0. The van der Waals surface area contributed by atoms with Crippen molar-refractivity contribution in [3.63, 3.8) is 0 Å². The predicted octanol–water partition coefficient (Wildman–Crippen LogP) is 3.06. The lowest BCUT2D eigenvalue weighted by Gasteiger charge is -2.11. The number of methoxy groups -OCH3 is 1. The minimum absolute atomic E-state index is 0.0120. The van der Waals surface area contributed by atoms with Gasteiger partial charge in [0.15, 0.2) is 17.1 Å². The maximum Gasteiger partial charge on any atom is 0.269 e. The number of rotatable bonds is 4. The van der Waals surface area contributed by atoms with E-state index in [4.69, 9.17) is 4.74 Å². The van der Waals surface area contributed by atoms with Crippen LogP contribution in [0.2, 0.25) is 0 Å². The summed E-state index contributed by atoms with van der Waals surface area (Å²) in [5.74, 6) is 0.754. The normalized spacial score (nSPS) is 11.2.